The second kappa shape index (κ2) is 6.20. The predicted octanol–water partition coefficient (Wildman–Crippen LogP) is 2.60. The van der Waals surface area contributed by atoms with E-state index in [-0.39, 0.29) is 0 Å². The quantitative estimate of drug-likeness (QED) is 0.928. The third-order valence-electron chi connectivity index (χ3n) is 4.02. The molecule has 20 heavy (non-hydrogen) atoms. The van der Waals surface area contributed by atoms with Crippen molar-refractivity contribution < 1.29 is 4.52 Å². The van der Waals surface area contributed by atoms with E-state index in [9.17, 15) is 0 Å². The zero-order valence-corrected chi connectivity index (χ0v) is 11.8. The lowest BCUT2D eigenvalue weighted by Gasteiger charge is -2.40. The van der Waals surface area contributed by atoms with E-state index in [4.69, 9.17) is 4.52 Å². The fraction of sp³-hybridized carbons (Fsp3) is 0.438. The van der Waals surface area contributed by atoms with Crippen molar-refractivity contribution in [3.05, 3.63) is 53.9 Å². The molecular weight excluding hydrogens is 250 g/mol. The second-order valence-corrected chi connectivity index (χ2v) is 5.35. The molecule has 0 radical (unpaired) electrons. The van der Waals surface area contributed by atoms with Gasteiger partial charge in [0.05, 0.1) is 12.7 Å². The van der Waals surface area contributed by atoms with Gasteiger partial charge in [0.15, 0.2) is 5.76 Å². The Kier molecular flexibility index (Phi) is 4.14. The molecule has 1 N–H and O–H groups in total. The normalized spacial score (nSPS) is 23.9. The van der Waals surface area contributed by atoms with Crippen LogP contribution in [0.25, 0.3) is 0 Å². The van der Waals surface area contributed by atoms with Crippen LogP contribution in [0, 0.1) is 0 Å². The number of benzene rings is 1. The lowest BCUT2D eigenvalue weighted by Crippen LogP contribution is -2.51. The summed E-state index contributed by atoms with van der Waals surface area (Å²) in [6, 6.07) is 13.6. The van der Waals surface area contributed by atoms with Crippen molar-refractivity contribution in [2.75, 3.05) is 13.1 Å². The molecule has 0 spiro atoms. The van der Waals surface area contributed by atoms with Crippen molar-refractivity contribution >= 4 is 0 Å². The van der Waals surface area contributed by atoms with E-state index in [1.54, 1.807) is 6.20 Å². The maximum absolute atomic E-state index is 5.28. The van der Waals surface area contributed by atoms with Crippen LogP contribution in [0.15, 0.2) is 47.1 Å². The third kappa shape index (κ3) is 2.92. The Morgan fingerprint density at radius 2 is 2.15 bits per heavy atom. The smallest absolute Gasteiger partial charge is 0.150 e. The zero-order chi connectivity index (χ0) is 13.8. The van der Waals surface area contributed by atoms with Gasteiger partial charge in [0.25, 0.3) is 0 Å². The Morgan fingerprint density at radius 1 is 1.30 bits per heavy atom. The first kappa shape index (κ1) is 13.3. The first-order valence-electron chi connectivity index (χ1n) is 7.28. The van der Waals surface area contributed by atoms with Crippen molar-refractivity contribution in [3.8, 4) is 0 Å². The lowest BCUT2D eigenvalue weighted by molar-refractivity contribution is 0.109. The lowest BCUT2D eigenvalue weighted by atomic mass is 10.00. The molecule has 0 amide bonds. The van der Waals surface area contributed by atoms with Crippen LogP contribution in [0.5, 0.6) is 0 Å². The Balaban J connectivity index is 1.79. The average molecular weight is 271 g/mol. The average Bonchev–Trinajstić information content (AvgIpc) is 3.01. The summed E-state index contributed by atoms with van der Waals surface area (Å²) in [6.45, 7) is 5.07. The van der Waals surface area contributed by atoms with Gasteiger partial charge < -0.3 is 9.84 Å². The number of hydrogen-bond donors (Lipinski definition) is 1. The van der Waals surface area contributed by atoms with Gasteiger partial charge in [-0.3, -0.25) is 4.90 Å². The molecule has 4 nitrogen and oxygen atoms in total. The number of hydrogen-bond acceptors (Lipinski definition) is 4. The maximum Gasteiger partial charge on any atom is 0.150 e. The molecule has 0 bridgehead atoms. The summed E-state index contributed by atoms with van der Waals surface area (Å²) in [4.78, 5) is 2.49. The van der Waals surface area contributed by atoms with E-state index in [2.05, 4.69) is 52.6 Å². The van der Waals surface area contributed by atoms with Gasteiger partial charge in [0.1, 0.15) is 0 Å². The summed E-state index contributed by atoms with van der Waals surface area (Å²) >= 11 is 0. The first-order valence-corrected chi connectivity index (χ1v) is 7.28. The second-order valence-electron chi connectivity index (χ2n) is 5.35. The van der Waals surface area contributed by atoms with Gasteiger partial charge in [-0.25, -0.2) is 0 Å². The summed E-state index contributed by atoms with van der Waals surface area (Å²) in [5.74, 6) is 0.933. The molecular formula is C16H21N3O. The van der Waals surface area contributed by atoms with Crippen molar-refractivity contribution in [1.29, 1.82) is 0 Å². The monoisotopic (exact) mass is 271 g/mol. The molecule has 2 atom stereocenters. The van der Waals surface area contributed by atoms with Gasteiger partial charge in [0.2, 0.25) is 0 Å². The highest BCUT2D eigenvalue weighted by atomic mass is 16.5. The van der Waals surface area contributed by atoms with Crippen LogP contribution >= 0.6 is 0 Å². The van der Waals surface area contributed by atoms with Crippen LogP contribution in [0.4, 0.5) is 0 Å². The van der Waals surface area contributed by atoms with Crippen LogP contribution in [0.2, 0.25) is 0 Å². The molecule has 2 heterocycles. The van der Waals surface area contributed by atoms with Crippen LogP contribution in [-0.2, 0) is 6.54 Å². The van der Waals surface area contributed by atoms with Gasteiger partial charge >= 0.3 is 0 Å². The summed E-state index contributed by atoms with van der Waals surface area (Å²) in [5, 5.41) is 7.45. The summed E-state index contributed by atoms with van der Waals surface area (Å²) in [5.41, 5.74) is 1.36. The maximum atomic E-state index is 5.28. The highest BCUT2D eigenvalue weighted by molar-refractivity contribution is 5.20. The minimum atomic E-state index is 0.393. The Hall–Kier alpha value is -1.65. The van der Waals surface area contributed by atoms with E-state index in [1.165, 1.54) is 5.56 Å². The highest BCUT2D eigenvalue weighted by Gasteiger charge is 2.28. The molecule has 3 rings (SSSR count). The molecule has 2 unspecified atom stereocenters. The van der Waals surface area contributed by atoms with Crippen molar-refractivity contribution in [1.82, 2.24) is 15.4 Å². The van der Waals surface area contributed by atoms with E-state index in [0.717, 1.165) is 31.8 Å². The number of nitrogens with one attached hydrogen (secondary N) is 1. The highest BCUT2D eigenvalue weighted by Crippen LogP contribution is 2.25. The predicted molar refractivity (Wildman–Crippen MR) is 78.2 cm³/mol. The molecule has 1 aromatic heterocycles. The van der Waals surface area contributed by atoms with Gasteiger partial charge in [-0.05, 0) is 12.0 Å². The van der Waals surface area contributed by atoms with Crippen LogP contribution in [-0.4, -0.2) is 29.2 Å². The van der Waals surface area contributed by atoms with Gasteiger partial charge in [0, 0.05) is 31.2 Å². The summed E-state index contributed by atoms with van der Waals surface area (Å²) in [7, 11) is 0. The third-order valence-corrected chi connectivity index (χ3v) is 4.02. The Morgan fingerprint density at radius 3 is 2.85 bits per heavy atom. The Bertz CT molecular complexity index is 512. The molecule has 1 aliphatic rings. The minimum Gasteiger partial charge on any atom is -0.360 e. The van der Waals surface area contributed by atoms with E-state index < -0.39 is 0 Å². The van der Waals surface area contributed by atoms with E-state index in [1.807, 2.05) is 6.07 Å². The largest absolute Gasteiger partial charge is 0.360 e. The van der Waals surface area contributed by atoms with Crippen molar-refractivity contribution in [3.63, 3.8) is 0 Å². The van der Waals surface area contributed by atoms with Crippen molar-refractivity contribution in [2.45, 2.75) is 32.0 Å². The van der Waals surface area contributed by atoms with Crippen LogP contribution < -0.4 is 5.32 Å². The van der Waals surface area contributed by atoms with E-state index in [0.29, 0.717) is 12.1 Å². The van der Waals surface area contributed by atoms with E-state index >= 15 is 0 Å². The number of piperazine rings is 1. The van der Waals surface area contributed by atoms with Gasteiger partial charge in [-0.15, -0.1) is 0 Å². The minimum absolute atomic E-state index is 0.393. The molecule has 4 heteroatoms. The molecule has 0 aliphatic carbocycles. The van der Waals surface area contributed by atoms with Gasteiger partial charge in [-0.1, -0.05) is 42.4 Å². The first-order chi connectivity index (χ1) is 9.86. The van der Waals surface area contributed by atoms with Crippen LogP contribution in [0.1, 0.15) is 30.7 Å². The zero-order valence-electron chi connectivity index (χ0n) is 11.8. The fourth-order valence-electron chi connectivity index (χ4n) is 2.86. The number of aromatic nitrogens is 1. The molecule has 0 saturated carbocycles. The van der Waals surface area contributed by atoms with Crippen LogP contribution in [0.3, 0.4) is 0 Å². The number of rotatable bonds is 4. The molecule has 1 saturated heterocycles. The Labute approximate surface area is 119 Å². The molecule has 1 aromatic carbocycles. The molecule has 1 aliphatic heterocycles. The molecule has 106 valence electrons. The standard InChI is InChI=1S/C16H21N3O/c1-2-14-11-19(12-15-8-9-18-20-15)16(10-17-14)13-6-4-3-5-7-13/h3-9,14,16-17H,2,10-12H2,1H3. The SMILES string of the molecule is CCC1CN(Cc2ccno2)C(c2ccccc2)CN1. The van der Waals surface area contributed by atoms with Gasteiger partial charge in [-0.2, -0.15) is 0 Å². The number of nitrogens with zero attached hydrogens (tertiary/aromatic N) is 2. The summed E-state index contributed by atoms with van der Waals surface area (Å²) < 4.78 is 5.28. The fourth-order valence-corrected chi connectivity index (χ4v) is 2.86. The topological polar surface area (TPSA) is 41.3 Å². The van der Waals surface area contributed by atoms with Crippen molar-refractivity contribution in [2.24, 2.45) is 0 Å². The molecule has 1 fully saturated rings. The molecule has 2 aromatic rings. The summed E-state index contributed by atoms with van der Waals surface area (Å²) in [6.07, 6.45) is 2.86.